The second-order valence-corrected chi connectivity index (χ2v) is 5.71. The zero-order valence-electron chi connectivity index (χ0n) is 10.8. The van der Waals surface area contributed by atoms with Crippen LogP contribution in [0.3, 0.4) is 0 Å². The van der Waals surface area contributed by atoms with Crippen LogP contribution in [0.2, 0.25) is 0 Å². The van der Waals surface area contributed by atoms with Crippen molar-refractivity contribution in [1.82, 2.24) is 9.78 Å². The minimum atomic E-state index is 0.0955. The Hall–Kier alpha value is -0.570. The molecule has 1 heterocycles. The van der Waals surface area contributed by atoms with Crippen molar-refractivity contribution in [3.05, 3.63) is 23.0 Å². The van der Waals surface area contributed by atoms with Crippen LogP contribution >= 0.6 is 15.9 Å². The van der Waals surface area contributed by atoms with Gasteiger partial charge in [0.25, 0.3) is 0 Å². The topological polar surface area (TPSA) is 17.8 Å². The summed E-state index contributed by atoms with van der Waals surface area (Å²) in [6, 6.07) is 0. The van der Waals surface area contributed by atoms with Crippen LogP contribution < -0.4 is 0 Å². The maximum atomic E-state index is 4.56. The lowest BCUT2D eigenvalue weighted by Gasteiger charge is -2.16. The molecule has 0 bridgehead atoms. The summed E-state index contributed by atoms with van der Waals surface area (Å²) in [6.07, 6.45) is 5.42. The molecule has 2 nitrogen and oxygen atoms in total. The molecule has 0 aliphatic rings. The number of alkyl halides is 1. The summed E-state index contributed by atoms with van der Waals surface area (Å²) in [7, 11) is 1.98. The van der Waals surface area contributed by atoms with Gasteiger partial charge < -0.3 is 0 Å². The summed E-state index contributed by atoms with van der Waals surface area (Å²) in [4.78, 5) is 0. The molecule has 0 fully saturated rings. The molecule has 3 heteroatoms. The molecule has 0 saturated heterocycles. The second kappa shape index (κ2) is 5.17. The van der Waals surface area contributed by atoms with Crippen LogP contribution in [0.15, 0.2) is 11.8 Å². The Bertz CT molecular complexity index is 377. The first kappa shape index (κ1) is 13.5. The Morgan fingerprint density at radius 1 is 1.50 bits per heavy atom. The molecule has 1 rings (SSSR count). The Morgan fingerprint density at radius 3 is 2.56 bits per heavy atom. The average molecular weight is 285 g/mol. The minimum Gasteiger partial charge on any atom is -0.275 e. The van der Waals surface area contributed by atoms with E-state index in [1.165, 1.54) is 16.8 Å². The Kier molecular flexibility index (Phi) is 4.36. The van der Waals surface area contributed by atoms with Gasteiger partial charge in [0.05, 0.1) is 5.69 Å². The molecule has 16 heavy (non-hydrogen) atoms. The Labute approximate surface area is 107 Å². The molecule has 0 atom stereocenters. The molecule has 0 amide bonds. The zero-order chi connectivity index (χ0) is 12.3. The van der Waals surface area contributed by atoms with Gasteiger partial charge in [0, 0.05) is 29.6 Å². The van der Waals surface area contributed by atoms with Crippen molar-refractivity contribution >= 4 is 22.0 Å². The number of rotatable bonds is 3. The average Bonchev–Trinajstić information content (AvgIpc) is 2.55. The lowest BCUT2D eigenvalue weighted by Crippen LogP contribution is -2.14. The Balaban J connectivity index is 3.18. The van der Waals surface area contributed by atoms with Gasteiger partial charge in [-0.3, -0.25) is 4.68 Å². The summed E-state index contributed by atoms with van der Waals surface area (Å²) < 4.78 is 1.90. The van der Waals surface area contributed by atoms with Crippen molar-refractivity contribution in [2.45, 2.75) is 39.5 Å². The van der Waals surface area contributed by atoms with Gasteiger partial charge in [0.2, 0.25) is 0 Å². The molecule has 0 aliphatic carbocycles. The first-order valence-corrected chi connectivity index (χ1v) is 6.80. The minimum absolute atomic E-state index is 0.0955. The fraction of sp³-hybridized carbons (Fsp3) is 0.615. The maximum Gasteiger partial charge on any atom is 0.0750 e. The van der Waals surface area contributed by atoms with E-state index in [2.05, 4.69) is 61.0 Å². The highest BCUT2D eigenvalue weighted by Crippen LogP contribution is 2.26. The molecule has 0 saturated carbocycles. The van der Waals surface area contributed by atoms with E-state index in [-0.39, 0.29) is 5.41 Å². The highest BCUT2D eigenvalue weighted by molar-refractivity contribution is 9.09. The largest absolute Gasteiger partial charge is 0.275 e. The van der Waals surface area contributed by atoms with E-state index in [1.807, 2.05) is 11.7 Å². The standard InChI is InChI=1S/C13H21BrN2/c1-6-10(8-14)7-11-9-16(5)15-12(11)13(2,3)4/h7,9H,6,8H2,1-5H3. The third kappa shape index (κ3) is 3.21. The third-order valence-electron chi connectivity index (χ3n) is 2.55. The lowest BCUT2D eigenvalue weighted by atomic mass is 9.89. The van der Waals surface area contributed by atoms with E-state index in [9.17, 15) is 0 Å². The highest BCUT2D eigenvalue weighted by atomic mass is 79.9. The van der Waals surface area contributed by atoms with E-state index in [0.717, 1.165) is 11.8 Å². The van der Waals surface area contributed by atoms with Crippen molar-refractivity contribution in [3.8, 4) is 0 Å². The molecule has 0 spiro atoms. The number of allylic oxidation sites excluding steroid dienone is 1. The van der Waals surface area contributed by atoms with E-state index < -0.39 is 0 Å². The molecule has 0 unspecified atom stereocenters. The number of aryl methyl sites for hydroxylation is 1. The smallest absolute Gasteiger partial charge is 0.0750 e. The summed E-state index contributed by atoms with van der Waals surface area (Å²) in [5.74, 6) is 0. The predicted octanol–water partition coefficient (Wildman–Crippen LogP) is 3.91. The van der Waals surface area contributed by atoms with Crippen molar-refractivity contribution in [1.29, 1.82) is 0 Å². The normalized spacial score (nSPS) is 13.2. The Morgan fingerprint density at radius 2 is 2.12 bits per heavy atom. The first-order valence-electron chi connectivity index (χ1n) is 5.68. The molecular weight excluding hydrogens is 264 g/mol. The van der Waals surface area contributed by atoms with Gasteiger partial charge in [-0.05, 0) is 6.42 Å². The van der Waals surface area contributed by atoms with Crippen LogP contribution in [-0.4, -0.2) is 15.1 Å². The van der Waals surface area contributed by atoms with Crippen LogP contribution in [0.1, 0.15) is 45.4 Å². The molecule has 90 valence electrons. The van der Waals surface area contributed by atoms with Gasteiger partial charge >= 0.3 is 0 Å². The van der Waals surface area contributed by atoms with E-state index in [4.69, 9.17) is 0 Å². The van der Waals surface area contributed by atoms with Crippen LogP contribution in [0.5, 0.6) is 0 Å². The van der Waals surface area contributed by atoms with Crippen molar-refractivity contribution in [3.63, 3.8) is 0 Å². The van der Waals surface area contributed by atoms with Gasteiger partial charge in [-0.25, -0.2) is 0 Å². The third-order valence-corrected chi connectivity index (χ3v) is 3.27. The van der Waals surface area contributed by atoms with Gasteiger partial charge in [-0.1, -0.05) is 55.3 Å². The maximum absolute atomic E-state index is 4.56. The number of nitrogens with zero attached hydrogens (tertiary/aromatic N) is 2. The van der Waals surface area contributed by atoms with Gasteiger partial charge in [-0.15, -0.1) is 0 Å². The van der Waals surface area contributed by atoms with Crippen LogP contribution in [0.25, 0.3) is 6.08 Å². The van der Waals surface area contributed by atoms with Gasteiger partial charge in [-0.2, -0.15) is 5.10 Å². The second-order valence-electron chi connectivity index (χ2n) is 5.15. The highest BCUT2D eigenvalue weighted by Gasteiger charge is 2.20. The quantitative estimate of drug-likeness (QED) is 0.770. The molecule has 0 aromatic carbocycles. The van der Waals surface area contributed by atoms with E-state index in [1.54, 1.807) is 0 Å². The lowest BCUT2D eigenvalue weighted by molar-refractivity contribution is 0.552. The first-order chi connectivity index (χ1) is 7.38. The molecule has 0 N–H and O–H groups in total. The SMILES string of the molecule is CCC(=Cc1cn(C)nc1C(C)(C)C)CBr. The molecule has 1 aromatic rings. The van der Waals surface area contributed by atoms with Gasteiger partial charge in [0.1, 0.15) is 0 Å². The number of hydrogen-bond donors (Lipinski definition) is 0. The number of hydrogen-bond acceptors (Lipinski definition) is 1. The van der Waals surface area contributed by atoms with E-state index in [0.29, 0.717) is 0 Å². The summed E-state index contributed by atoms with van der Waals surface area (Å²) in [6.45, 7) is 8.78. The van der Waals surface area contributed by atoms with Crippen LogP contribution in [0, 0.1) is 0 Å². The molecule has 1 aromatic heterocycles. The summed E-state index contributed by atoms with van der Waals surface area (Å²) in [5.41, 5.74) is 3.91. The predicted molar refractivity (Wildman–Crippen MR) is 74.0 cm³/mol. The number of aromatic nitrogens is 2. The van der Waals surface area contributed by atoms with Gasteiger partial charge in [0.15, 0.2) is 0 Å². The van der Waals surface area contributed by atoms with Crippen LogP contribution in [0.4, 0.5) is 0 Å². The van der Waals surface area contributed by atoms with Crippen molar-refractivity contribution in [2.24, 2.45) is 7.05 Å². The summed E-state index contributed by atoms with van der Waals surface area (Å²) in [5, 5.41) is 5.49. The molecule has 0 aliphatic heterocycles. The van der Waals surface area contributed by atoms with E-state index >= 15 is 0 Å². The monoisotopic (exact) mass is 284 g/mol. The van der Waals surface area contributed by atoms with Crippen LogP contribution in [-0.2, 0) is 12.5 Å². The fourth-order valence-corrected chi connectivity index (χ4v) is 2.21. The van der Waals surface area contributed by atoms with Crippen molar-refractivity contribution in [2.75, 3.05) is 5.33 Å². The fourth-order valence-electron chi connectivity index (χ4n) is 1.65. The molecule has 0 radical (unpaired) electrons. The summed E-state index contributed by atoms with van der Waals surface area (Å²) >= 11 is 3.52. The van der Waals surface area contributed by atoms with Crippen molar-refractivity contribution < 1.29 is 0 Å². The number of halogens is 1. The zero-order valence-corrected chi connectivity index (χ0v) is 12.4. The molecular formula is C13H21BrN2.